The number of nitrogens with one attached hydrogen (secondary N) is 1. The third kappa shape index (κ3) is 4.90. The van der Waals surface area contributed by atoms with E-state index in [2.05, 4.69) is 16.4 Å². The largest absolute Gasteiger partial charge is 0.302 e. The van der Waals surface area contributed by atoms with Crippen molar-refractivity contribution >= 4 is 54.0 Å². The first-order chi connectivity index (χ1) is 16.6. The number of hydrogen-bond donors (Lipinski definition) is 1. The maximum atomic E-state index is 13.0. The standard InChI is InChI=1S/C23H23N3O5S4/c1-34(28,29)16-6-8-17(9-7-16)35(30,31)26-12-10-15(11-13-26)22(27)25-23-24-21-18-4-2-3-5-19(18)32-14-20(21)33-23/h2-9,15H,10-14H2,1H3,(H,24,25,27). The number of anilines is 1. The molecule has 5 rings (SSSR count). The van der Waals surface area contributed by atoms with Crippen molar-refractivity contribution < 1.29 is 21.6 Å². The Morgan fingerprint density at radius 1 is 1.00 bits per heavy atom. The topological polar surface area (TPSA) is 114 Å². The number of thiazole rings is 1. The van der Waals surface area contributed by atoms with E-state index in [1.807, 2.05) is 18.2 Å². The number of rotatable bonds is 5. The fourth-order valence-electron chi connectivity index (χ4n) is 4.22. The molecule has 0 spiro atoms. The molecular weight excluding hydrogens is 527 g/mol. The molecule has 12 heteroatoms. The number of thioether (sulfide) groups is 1. The van der Waals surface area contributed by atoms with E-state index in [1.165, 1.54) is 44.8 Å². The summed E-state index contributed by atoms with van der Waals surface area (Å²) in [4.78, 5) is 20.0. The Hall–Kier alpha value is -2.25. The molecule has 1 N–H and O–H groups in total. The predicted octanol–water partition coefficient (Wildman–Crippen LogP) is 3.86. The van der Waals surface area contributed by atoms with E-state index in [9.17, 15) is 21.6 Å². The van der Waals surface area contributed by atoms with Crippen LogP contribution in [0.25, 0.3) is 11.3 Å². The number of fused-ring (bicyclic) bond motifs is 3. The molecule has 0 atom stereocenters. The van der Waals surface area contributed by atoms with Gasteiger partial charge in [0.25, 0.3) is 0 Å². The van der Waals surface area contributed by atoms with Crippen LogP contribution in [0.1, 0.15) is 17.7 Å². The number of benzene rings is 2. The number of nitrogens with zero attached hydrogens (tertiary/aromatic N) is 2. The van der Waals surface area contributed by atoms with Crippen LogP contribution in [0.4, 0.5) is 5.13 Å². The maximum Gasteiger partial charge on any atom is 0.243 e. The smallest absolute Gasteiger partial charge is 0.243 e. The van der Waals surface area contributed by atoms with Crippen molar-refractivity contribution in [2.75, 3.05) is 24.7 Å². The predicted molar refractivity (Wildman–Crippen MR) is 137 cm³/mol. The number of aromatic nitrogens is 1. The van der Waals surface area contributed by atoms with Gasteiger partial charge >= 0.3 is 0 Å². The van der Waals surface area contributed by atoms with Gasteiger partial charge in [0.2, 0.25) is 15.9 Å². The molecule has 0 radical (unpaired) electrons. The molecule has 0 saturated carbocycles. The van der Waals surface area contributed by atoms with Crippen molar-refractivity contribution in [3.05, 3.63) is 53.4 Å². The molecule has 2 aliphatic heterocycles. The van der Waals surface area contributed by atoms with E-state index >= 15 is 0 Å². The van der Waals surface area contributed by atoms with Crippen molar-refractivity contribution in [1.82, 2.24) is 9.29 Å². The van der Waals surface area contributed by atoms with Gasteiger partial charge in [0, 0.05) is 46.4 Å². The summed E-state index contributed by atoms with van der Waals surface area (Å²) in [5.41, 5.74) is 2.00. The maximum absolute atomic E-state index is 13.0. The van der Waals surface area contributed by atoms with Gasteiger partial charge in [-0.25, -0.2) is 21.8 Å². The molecule has 3 heterocycles. The number of carbonyl (C=O) groups is 1. The van der Waals surface area contributed by atoms with E-state index in [1.54, 1.807) is 11.8 Å². The van der Waals surface area contributed by atoms with Gasteiger partial charge in [-0.15, -0.1) is 23.1 Å². The van der Waals surface area contributed by atoms with Crippen molar-refractivity contribution in [2.24, 2.45) is 5.92 Å². The lowest BCUT2D eigenvalue weighted by molar-refractivity contribution is -0.120. The number of sulfone groups is 1. The number of sulfonamides is 1. The number of amides is 1. The molecule has 1 aromatic heterocycles. The highest BCUT2D eigenvalue weighted by atomic mass is 32.2. The van der Waals surface area contributed by atoms with Crippen molar-refractivity contribution in [3.63, 3.8) is 0 Å². The second-order valence-electron chi connectivity index (χ2n) is 8.49. The molecule has 1 saturated heterocycles. The third-order valence-corrected chi connectivity index (χ3v) is 11.4. The summed E-state index contributed by atoms with van der Waals surface area (Å²) in [5.74, 6) is 0.365. The summed E-state index contributed by atoms with van der Waals surface area (Å²) in [6, 6.07) is 13.3. The zero-order valence-corrected chi connectivity index (χ0v) is 22.1. The summed E-state index contributed by atoms with van der Waals surface area (Å²) in [6.45, 7) is 0.430. The fourth-order valence-corrected chi connectivity index (χ4v) is 8.42. The van der Waals surface area contributed by atoms with Gasteiger partial charge < -0.3 is 5.32 Å². The van der Waals surface area contributed by atoms with Crippen molar-refractivity contribution in [2.45, 2.75) is 33.3 Å². The van der Waals surface area contributed by atoms with Crippen LogP contribution in [0, 0.1) is 5.92 Å². The first kappa shape index (κ1) is 24.4. The summed E-state index contributed by atoms with van der Waals surface area (Å²) in [5, 5.41) is 3.51. The van der Waals surface area contributed by atoms with Gasteiger partial charge in [-0.3, -0.25) is 4.79 Å². The summed E-state index contributed by atoms with van der Waals surface area (Å²) >= 11 is 3.24. The minimum atomic E-state index is -3.77. The first-order valence-corrected chi connectivity index (χ1v) is 16.1. The van der Waals surface area contributed by atoms with Gasteiger partial charge in [0.1, 0.15) is 0 Å². The molecule has 2 aliphatic rings. The molecule has 35 heavy (non-hydrogen) atoms. The average molecular weight is 550 g/mol. The molecule has 0 bridgehead atoms. The van der Waals surface area contributed by atoms with Crippen LogP contribution in [-0.2, 0) is 30.4 Å². The second kappa shape index (κ2) is 9.32. The van der Waals surface area contributed by atoms with E-state index in [4.69, 9.17) is 0 Å². The highest BCUT2D eigenvalue weighted by Gasteiger charge is 2.33. The van der Waals surface area contributed by atoms with E-state index in [-0.39, 0.29) is 34.7 Å². The first-order valence-electron chi connectivity index (χ1n) is 11.0. The Morgan fingerprint density at radius 3 is 2.34 bits per heavy atom. The fraction of sp³-hybridized carbons (Fsp3) is 0.304. The molecule has 2 aromatic carbocycles. The van der Waals surface area contributed by atoms with Gasteiger partial charge in [-0.05, 0) is 43.2 Å². The van der Waals surface area contributed by atoms with E-state index in [0.717, 1.165) is 28.1 Å². The molecule has 1 fully saturated rings. The van der Waals surface area contributed by atoms with Crippen LogP contribution in [0.5, 0.6) is 0 Å². The summed E-state index contributed by atoms with van der Waals surface area (Å²) in [7, 11) is -7.18. The normalized spacial score (nSPS) is 16.9. The third-order valence-electron chi connectivity index (χ3n) is 6.14. The number of hydrogen-bond acceptors (Lipinski definition) is 8. The van der Waals surface area contributed by atoms with Crippen LogP contribution >= 0.6 is 23.1 Å². The Labute approximate surface area is 212 Å². The lowest BCUT2D eigenvalue weighted by atomic mass is 9.97. The van der Waals surface area contributed by atoms with Gasteiger partial charge in [-0.2, -0.15) is 4.31 Å². The highest BCUT2D eigenvalue weighted by Crippen LogP contribution is 2.44. The van der Waals surface area contributed by atoms with Gasteiger partial charge in [0.15, 0.2) is 15.0 Å². The van der Waals surface area contributed by atoms with Crippen molar-refractivity contribution in [3.8, 4) is 11.3 Å². The zero-order valence-electron chi connectivity index (χ0n) is 18.8. The van der Waals surface area contributed by atoms with E-state index in [0.29, 0.717) is 18.0 Å². The van der Waals surface area contributed by atoms with E-state index < -0.39 is 19.9 Å². The average Bonchev–Trinajstić information content (AvgIpc) is 3.26. The highest BCUT2D eigenvalue weighted by molar-refractivity contribution is 7.99. The van der Waals surface area contributed by atoms with Crippen LogP contribution in [0.3, 0.4) is 0 Å². The quantitative estimate of drug-likeness (QED) is 0.514. The Morgan fingerprint density at radius 2 is 1.66 bits per heavy atom. The lowest BCUT2D eigenvalue weighted by Crippen LogP contribution is -2.41. The van der Waals surface area contributed by atoms with Gasteiger partial charge in [0.05, 0.1) is 15.5 Å². The van der Waals surface area contributed by atoms with Crippen LogP contribution in [0.2, 0.25) is 0 Å². The lowest BCUT2D eigenvalue weighted by Gasteiger charge is -2.30. The SMILES string of the molecule is CS(=O)(=O)c1ccc(S(=O)(=O)N2CCC(C(=O)Nc3nc4c(s3)CSc3ccccc3-4)CC2)cc1. The zero-order chi connectivity index (χ0) is 24.8. The second-order valence-corrected chi connectivity index (χ2v) is 14.5. The van der Waals surface area contributed by atoms with Gasteiger partial charge in [-0.1, -0.05) is 18.2 Å². The minimum Gasteiger partial charge on any atom is -0.302 e. The Bertz CT molecular complexity index is 1490. The molecule has 1 amide bonds. The Balaban J connectivity index is 1.23. The molecule has 0 unspecified atom stereocenters. The Kier molecular flexibility index (Phi) is 6.51. The van der Waals surface area contributed by atoms with Crippen LogP contribution in [-0.4, -0.2) is 51.4 Å². The number of piperidine rings is 1. The number of carbonyl (C=O) groups excluding carboxylic acids is 1. The van der Waals surface area contributed by atoms with Crippen LogP contribution < -0.4 is 5.32 Å². The summed E-state index contributed by atoms with van der Waals surface area (Å²) in [6.07, 6.45) is 1.87. The molecular formula is C23H23N3O5S4. The molecule has 8 nitrogen and oxygen atoms in total. The molecule has 0 aliphatic carbocycles. The molecule has 184 valence electrons. The van der Waals surface area contributed by atoms with Crippen LogP contribution in [0.15, 0.2) is 63.2 Å². The molecule has 3 aromatic rings. The monoisotopic (exact) mass is 549 g/mol. The minimum absolute atomic E-state index is 0.0410. The van der Waals surface area contributed by atoms with Crippen molar-refractivity contribution in [1.29, 1.82) is 0 Å². The summed E-state index contributed by atoms with van der Waals surface area (Å²) < 4.78 is 50.6.